The molecule has 1 aromatic heterocycles. The maximum atomic E-state index is 13.0. The van der Waals surface area contributed by atoms with Crippen LogP contribution in [0, 0.1) is 0 Å². The van der Waals surface area contributed by atoms with Crippen LogP contribution in [0.1, 0.15) is 38.3 Å². The summed E-state index contributed by atoms with van der Waals surface area (Å²) in [5, 5.41) is 3.03. The number of nitrogens with one attached hydrogen (secondary N) is 1. The summed E-state index contributed by atoms with van der Waals surface area (Å²) >= 11 is 0. The minimum Gasteiger partial charge on any atom is -0.379 e. The molecule has 1 saturated heterocycles. The van der Waals surface area contributed by atoms with Crippen LogP contribution in [0.25, 0.3) is 0 Å². The number of carbonyl (C=O) groups excluding carboxylic acids is 2. The average molecular weight is 473 g/mol. The smallest absolute Gasteiger partial charge is 0.258 e. The van der Waals surface area contributed by atoms with Crippen molar-refractivity contribution in [2.75, 3.05) is 51.3 Å². The molecule has 4 rings (SSSR count). The van der Waals surface area contributed by atoms with Crippen molar-refractivity contribution >= 4 is 17.5 Å². The molecule has 1 aliphatic rings. The van der Waals surface area contributed by atoms with Crippen LogP contribution in [-0.4, -0.2) is 68.1 Å². The van der Waals surface area contributed by atoms with Crippen molar-refractivity contribution in [1.29, 1.82) is 0 Å². The zero-order valence-corrected chi connectivity index (χ0v) is 20.2. The van der Waals surface area contributed by atoms with Crippen molar-refractivity contribution < 1.29 is 14.3 Å². The van der Waals surface area contributed by atoms with Crippen LogP contribution in [0.2, 0.25) is 0 Å². The second-order valence-corrected chi connectivity index (χ2v) is 8.71. The molecular weight excluding hydrogens is 440 g/mol. The number of aromatic nitrogens is 1. The Bertz CT molecular complexity index is 1130. The first-order chi connectivity index (χ1) is 17.1. The number of hydrogen-bond acceptors (Lipinski definition) is 5. The lowest BCUT2D eigenvalue weighted by Crippen LogP contribution is -2.38. The Morgan fingerprint density at radius 2 is 1.63 bits per heavy atom. The van der Waals surface area contributed by atoms with E-state index in [1.165, 1.54) is 0 Å². The summed E-state index contributed by atoms with van der Waals surface area (Å²) in [6.07, 6.45) is 4.89. The minimum atomic E-state index is -0.0803. The highest BCUT2D eigenvalue weighted by Gasteiger charge is 2.14. The highest BCUT2D eigenvalue weighted by molar-refractivity contribution is 6.05. The van der Waals surface area contributed by atoms with Gasteiger partial charge in [0.2, 0.25) is 0 Å². The van der Waals surface area contributed by atoms with E-state index in [9.17, 15) is 9.59 Å². The maximum absolute atomic E-state index is 13.0. The van der Waals surface area contributed by atoms with Crippen molar-refractivity contribution in [2.24, 2.45) is 0 Å². The molecule has 182 valence electrons. The molecule has 1 fully saturated rings. The highest BCUT2D eigenvalue weighted by atomic mass is 16.5. The van der Waals surface area contributed by atoms with Crippen LogP contribution in [0.5, 0.6) is 0 Å². The fourth-order valence-corrected chi connectivity index (χ4v) is 4.18. The van der Waals surface area contributed by atoms with Gasteiger partial charge in [-0.2, -0.15) is 0 Å². The average Bonchev–Trinajstić information content (AvgIpc) is 2.91. The van der Waals surface area contributed by atoms with E-state index in [0.717, 1.165) is 56.1 Å². The molecule has 0 bridgehead atoms. The largest absolute Gasteiger partial charge is 0.379 e. The predicted molar refractivity (Wildman–Crippen MR) is 137 cm³/mol. The number of benzene rings is 2. The second kappa shape index (κ2) is 12.2. The molecule has 0 saturated carbocycles. The van der Waals surface area contributed by atoms with Crippen molar-refractivity contribution in [1.82, 2.24) is 15.2 Å². The molecule has 2 amide bonds. The van der Waals surface area contributed by atoms with Crippen LogP contribution >= 0.6 is 0 Å². The van der Waals surface area contributed by atoms with E-state index in [0.29, 0.717) is 24.1 Å². The number of nitrogens with zero attached hydrogens (tertiary/aromatic N) is 3. The zero-order valence-electron chi connectivity index (χ0n) is 20.2. The van der Waals surface area contributed by atoms with Gasteiger partial charge in [0.1, 0.15) is 0 Å². The lowest BCUT2D eigenvalue weighted by Gasteiger charge is -2.26. The Hall–Kier alpha value is -3.55. The van der Waals surface area contributed by atoms with Crippen molar-refractivity contribution in [3.8, 4) is 0 Å². The number of carbonyl (C=O) groups is 2. The van der Waals surface area contributed by atoms with Crippen LogP contribution in [0.3, 0.4) is 0 Å². The standard InChI is InChI=1S/C28H32N4O3/c1-31(26-9-12-29-13-10-26)28(34)25-8-3-6-23(21-25)19-22-5-2-7-24(20-22)27(33)30-11-4-14-32-15-17-35-18-16-32/h2-3,5-10,12-13,20-21H,4,11,14-19H2,1H3,(H,30,33). The molecule has 7 nitrogen and oxygen atoms in total. The molecule has 2 heterocycles. The molecule has 3 aromatic rings. The van der Waals surface area contributed by atoms with E-state index in [1.54, 1.807) is 36.5 Å². The Morgan fingerprint density at radius 1 is 0.971 bits per heavy atom. The van der Waals surface area contributed by atoms with Gasteiger partial charge in [0.05, 0.1) is 13.2 Å². The fraction of sp³-hybridized carbons (Fsp3) is 0.321. The Labute approximate surface area is 206 Å². The number of amides is 2. The number of rotatable bonds is 9. The fourth-order valence-electron chi connectivity index (χ4n) is 4.18. The van der Waals surface area contributed by atoms with Gasteiger partial charge >= 0.3 is 0 Å². The topological polar surface area (TPSA) is 74.8 Å². The first-order valence-electron chi connectivity index (χ1n) is 12.0. The molecule has 35 heavy (non-hydrogen) atoms. The van der Waals surface area contributed by atoms with Crippen molar-refractivity contribution in [3.63, 3.8) is 0 Å². The SMILES string of the molecule is CN(C(=O)c1cccc(Cc2cccc(C(=O)NCCCN3CCOCC3)c2)c1)c1ccncc1. The van der Waals surface area contributed by atoms with Crippen molar-refractivity contribution in [3.05, 3.63) is 95.3 Å². The molecular formula is C28H32N4O3. The van der Waals surface area contributed by atoms with E-state index in [2.05, 4.69) is 15.2 Å². The maximum Gasteiger partial charge on any atom is 0.258 e. The molecule has 1 aliphatic heterocycles. The monoisotopic (exact) mass is 472 g/mol. The molecule has 2 aromatic carbocycles. The summed E-state index contributed by atoms with van der Waals surface area (Å²) < 4.78 is 5.37. The molecule has 7 heteroatoms. The van der Waals surface area contributed by atoms with Gasteiger partial charge < -0.3 is 15.0 Å². The predicted octanol–water partition coefficient (Wildman–Crippen LogP) is 3.40. The molecule has 0 radical (unpaired) electrons. The van der Waals surface area contributed by atoms with Crippen LogP contribution < -0.4 is 10.2 Å². The van der Waals surface area contributed by atoms with Crippen LogP contribution in [-0.2, 0) is 11.2 Å². The third-order valence-electron chi connectivity index (χ3n) is 6.17. The lowest BCUT2D eigenvalue weighted by molar-refractivity contribution is 0.0374. The molecule has 0 aliphatic carbocycles. The molecule has 0 spiro atoms. The number of hydrogen-bond donors (Lipinski definition) is 1. The van der Waals surface area contributed by atoms with E-state index in [-0.39, 0.29) is 11.8 Å². The van der Waals surface area contributed by atoms with E-state index >= 15 is 0 Å². The van der Waals surface area contributed by atoms with Gasteiger partial charge in [0, 0.05) is 55.9 Å². The van der Waals surface area contributed by atoms with Gasteiger partial charge in [-0.15, -0.1) is 0 Å². The summed E-state index contributed by atoms with van der Waals surface area (Å²) in [4.78, 5) is 33.6. The number of pyridine rings is 1. The van der Waals surface area contributed by atoms with Crippen molar-refractivity contribution in [2.45, 2.75) is 12.8 Å². The summed E-state index contributed by atoms with van der Waals surface area (Å²) in [5.74, 6) is -0.139. The normalized spacial score (nSPS) is 13.9. The van der Waals surface area contributed by atoms with Crippen LogP contribution in [0.15, 0.2) is 73.1 Å². The molecule has 0 atom stereocenters. The Balaban J connectivity index is 1.33. The Morgan fingerprint density at radius 3 is 2.34 bits per heavy atom. The number of anilines is 1. The molecule has 0 unspecified atom stereocenters. The Kier molecular flexibility index (Phi) is 8.59. The first kappa shape index (κ1) is 24.6. The third-order valence-corrected chi connectivity index (χ3v) is 6.17. The zero-order chi connectivity index (χ0) is 24.5. The van der Waals surface area contributed by atoms with Gasteiger partial charge in [-0.1, -0.05) is 24.3 Å². The highest BCUT2D eigenvalue weighted by Crippen LogP contribution is 2.17. The summed E-state index contributed by atoms with van der Waals surface area (Å²) in [5.41, 5.74) is 4.11. The molecule has 1 N–H and O–H groups in total. The quantitative estimate of drug-likeness (QED) is 0.483. The third kappa shape index (κ3) is 6.97. The van der Waals surface area contributed by atoms with E-state index in [4.69, 9.17) is 4.74 Å². The van der Waals surface area contributed by atoms with Gasteiger partial charge in [-0.3, -0.25) is 19.5 Å². The summed E-state index contributed by atoms with van der Waals surface area (Å²) in [6, 6.07) is 18.9. The first-order valence-corrected chi connectivity index (χ1v) is 12.0. The van der Waals surface area contributed by atoms with Gasteiger partial charge in [-0.25, -0.2) is 0 Å². The van der Waals surface area contributed by atoms with Gasteiger partial charge in [-0.05, 0) is 66.9 Å². The number of ether oxygens (including phenoxy) is 1. The van der Waals surface area contributed by atoms with E-state index in [1.807, 2.05) is 48.5 Å². The van der Waals surface area contributed by atoms with Gasteiger partial charge in [0.15, 0.2) is 0 Å². The van der Waals surface area contributed by atoms with Crippen LogP contribution in [0.4, 0.5) is 5.69 Å². The number of morpholine rings is 1. The van der Waals surface area contributed by atoms with E-state index < -0.39 is 0 Å². The summed E-state index contributed by atoms with van der Waals surface area (Å²) in [7, 11) is 1.76. The summed E-state index contributed by atoms with van der Waals surface area (Å²) in [6.45, 7) is 5.12. The van der Waals surface area contributed by atoms with Gasteiger partial charge in [0.25, 0.3) is 11.8 Å². The lowest BCUT2D eigenvalue weighted by atomic mass is 10.0. The second-order valence-electron chi connectivity index (χ2n) is 8.71. The minimum absolute atomic E-state index is 0.0586.